The summed E-state index contributed by atoms with van der Waals surface area (Å²) in [6.07, 6.45) is -2.74. The highest BCUT2D eigenvalue weighted by Gasteiger charge is 2.30. The molecule has 0 saturated carbocycles. The number of amides is 1. The Morgan fingerprint density at radius 1 is 1.26 bits per heavy atom. The Balaban J connectivity index is 2.17. The van der Waals surface area contributed by atoms with Gasteiger partial charge in [-0.25, -0.2) is 4.98 Å². The van der Waals surface area contributed by atoms with Crippen molar-refractivity contribution < 1.29 is 18.0 Å². The number of benzene rings is 1. The Kier molecular flexibility index (Phi) is 5.10. The minimum absolute atomic E-state index is 0.119. The van der Waals surface area contributed by atoms with Gasteiger partial charge in [0.15, 0.2) is 0 Å². The van der Waals surface area contributed by atoms with Crippen LogP contribution in [0.15, 0.2) is 36.5 Å². The summed E-state index contributed by atoms with van der Waals surface area (Å²) in [5, 5.41) is 5.50. The van der Waals surface area contributed by atoms with Crippen LogP contribution in [0.4, 0.5) is 30.4 Å². The molecule has 1 heterocycles. The lowest BCUT2D eigenvalue weighted by atomic mass is 10.2. The van der Waals surface area contributed by atoms with E-state index in [1.165, 1.54) is 18.3 Å². The first-order valence-electron chi connectivity index (χ1n) is 6.69. The predicted octanol–water partition coefficient (Wildman–Crippen LogP) is 4.85. The summed E-state index contributed by atoms with van der Waals surface area (Å²) in [7, 11) is 0. The number of nitrogens with one attached hydrogen (secondary N) is 2. The van der Waals surface area contributed by atoms with E-state index in [9.17, 15) is 18.0 Å². The van der Waals surface area contributed by atoms with Gasteiger partial charge in [-0.3, -0.25) is 4.79 Å². The summed E-state index contributed by atoms with van der Waals surface area (Å²) < 4.78 is 38.2. The zero-order valence-electron chi connectivity index (χ0n) is 12.0. The van der Waals surface area contributed by atoms with Gasteiger partial charge < -0.3 is 10.6 Å². The Hall–Kier alpha value is -2.28. The average molecular weight is 344 g/mol. The molecule has 0 atom stereocenters. The number of pyridine rings is 1. The van der Waals surface area contributed by atoms with Crippen molar-refractivity contribution in [3.8, 4) is 0 Å². The Bertz CT molecular complexity index is 702. The zero-order valence-corrected chi connectivity index (χ0v) is 12.8. The van der Waals surface area contributed by atoms with Crippen LogP contribution < -0.4 is 10.6 Å². The highest BCUT2D eigenvalue weighted by atomic mass is 35.5. The van der Waals surface area contributed by atoms with Crippen LogP contribution in [0.25, 0.3) is 0 Å². The number of halogens is 4. The molecular formula is C15H13ClF3N3O. The highest BCUT2D eigenvalue weighted by molar-refractivity contribution is 6.33. The molecule has 0 radical (unpaired) electrons. The highest BCUT2D eigenvalue weighted by Crippen LogP contribution is 2.34. The molecule has 1 aromatic heterocycles. The minimum Gasteiger partial charge on any atom is -0.353 e. The van der Waals surface area contributed by atoms with Crippen molar-refractivity contribution in [3.63, 3.8) is 0 Å². The summed E-state index contributed by atoms with van der Waals surface area (Å²) in [5.74, 6) is 0.177. The lowest BCUT2D eigenvalue weighted by molar-refractivity contribution is -0.137. The first-order chi connectivity index (χ1) is 10.8. The van der Waals surface area contributed by atoms with E-state index in [2.05, 4.69) is 15.6 Å². The van der Waals surface area contributed by atoms with Crippen LogP contribution >= 0.6 is 11.6 Å². The molecule has 2 aromatic rings. The van der Waals surface area contributed by atoms with E-state index >= 15 is 0 Å². The van der Waals surface area contributed by atoms with Gasteiger partial charge in [0.2, 0.25) is 5.91 Å². The van der Waals surface area contributed by atoms with E-state index in [1.54, 1.807) is 13.0 Å². The van der Waals surface area contributed by atoms with Gasteiger partial charge >= 0.3 is 6.18 Å². The molecule has 0 aliphatic heterocycles. The van der Waals surface area contributed by atoms with Crippen LogP contribution in [0.2, 0.25) is 5.02 Å². The third-order valence-corrected chi connectivity index (χ3v) is 3.25. The normalized spacial score (nSPS) is 11.2. The SMILES string of the molecule is CCC(=O)Nc1ccc(Nc2cc(C(F)(F)F)ccc2Cl)cn1. The molecule has 4 nitrogen and oxygen atoms in total. The maximum absolute atomic E-state index is 12.7. The number of nitrogens with zero attached hydrogens (tertiary/aromatic N) is 1. The Morgan fingerprint density at radius 3 is 2.57 bits per heavy atom. The van der Waals surface area contributed by atoms with E-state index in [0.717, 1.165) is 12.1 Å². The van der Waals surface area contributed by atoms with Crippen LogP contribution in [0.3, 0.4) is 0 Å². The standard InChI is InChI=1S/C15H13ClF3N3O/c1-2-14(23)22-13-6-4-10(8-20-13)21-12-7-9(15(17,18)19)3-5-11(12)16/h3-8,21H,2H2,1H3,(H,20,22,23). The van der Waals surface area contributed by atoms with Gasteiger partial charge in [-0.2, -0.15) is 13.2 Å². The van der Waals surface area contributed by atoms with Crippen molar-refractivity contribution in [2.75, 3.05) is 10.6 Å². The fourth-order valence-electron chi connectivity index (χ4n) is 1.73. The number of alkyl halides is 3. The minimum atomic E-state index is -4.45. The van der Waals surface area contributed by atoms with Gasteiger partial charge in [-0.1, -0.05) is 18.5 Å². The number of carbonyl (C=O) groups is 1. The molecule has 2 rings (SSSR count). The van der Waals surface area contributed by atoms with Gasteiger partial charge in [0.1, 0.15) is 5.82 Å². The van der Waals surface area contributed by atoms with Gasteiger partial charge in [0.25, 0.3) is 0 Å². The topological polar surface area (TPSA) is 54.0 Å². The monoisotopic (exact) mass is 343 g/mol. The van der Waals surface area contributed by atoms with E-state index < -0.39 is 11.7 Å². The first-order valence-corrected chi connectivity index (χ1v) is 7.07. The molecule has 0 aliphatic rings. The number of hydrogen-bond acceptors (Lipinski definition) is 3. The predicted molar refractivity (Wildman–Crippen MR) is 82.9 cm³/mol. The molecule has 1 aromatic carbocycles. The molecule has 0 fully saturated rings. The summed E-state index contributed by atoms with van der Waals surface area (Å²) in [6.45, 7) is 1.71. The van der Waals surface area contributed by atoms with Crippen molar-refractivity contribution >= 4 is 34.7 Å². The van der Waals surface area contributed by atoms with Crippen LogP contribution in [-0.2, 0) is 11.0 Å². The van der Waals surface area contributed by atoms with Crippen LogP contribution in [-0.4, -0.2) is 10.9 Å². The summed E-state index contributed by atoms with van der Waals surface area (Å²) in [4.78, 5) is 15.2. The molecule has 2 N–H and O–H groups in total. The molecule has 0 unspecified atom stereocenters. The lowest BCUT2D eigenvalue weighted by Gasteiger charge is -2.12. The summed E-state index contributed by atoms with van der Waals surface area (Å²) in [6, 6.07) is 6.13. The van der Waals surface area contributed by atoms with E-state index in [1.807, 2.05) is 0 Å². The van der Waals surface area contributed by atoms with Crippen molar-refractivity contribution in [1.82, 2.24) is 4.98 Å². The molecular weight excluding hydrogens is 331 g/mol. The second-order valence-electron chi connectivity index (χ2n) is 4.65. The summed E-state index contributed by atoms with van der Waals surface area (Å²) in [5.41, 5.74) is -0.237. The number of anilines is 3. The zero-order chi connectivity index (χ0) is 17.0. The third kappa shape index (κ3) is 4.59. The second-order valence-corrected chi connectivity index (χ2v) is 5.06. The molecule has 0 bridgehead atoms. The fraction of sp³-hybridized carbons (Fsp3) is 0.200. The molecule has 1 amide bonds. The van der Waals surface area contributed by atoms with Crippen molar-refractivity contribution in [3.05, 3.63) is 47.1 Å². The molecule has 0 spiro atoms. The van der Waals surface area contributed by atoms with E-state index in [4.69, 9.17) is 11.6 Å². The molecule has 122 valence electrons. The molecule has 0 saturated heterocycles. The fourth-order valence-corrected chi connectivity index (χ4v) is 1.89. The maximum atomic E-state index is 12.7. The number of rotatable bonds is 4. The second kappa shape index (κ2) is 6.87. The van der Waals surface area contributed by atoms with Crippen molar-refractivity contribution in [2.24, 2.45) is 0 Å². The number of hydrogen-bond donors (Lipinski definition) is 2. The Labute approximate surface area is 135 Å². The van der Waals surface area contributed by atoms with Crippen LogP contribution in [0, 0.1) is 0 Å². The van der Waals surface area contributed by atoms with Crippen molar-refractivity contribution in [1.29, 1.82) is 0 Å². The first kappa shape index (κ1) is 17.1. The van der Waals surface area contributed by atoms with Gasteiger partial charge in [-0.05, 0) is 30.3 Å². The van der Waals surface area contributed by atoms with Crippen LogP contribution in [0.5, 0.6) is 0 Å². The Morgan fingerprint density at radius 2 is 2.00 bits per heavy atom. The van der Waals surface area contributed by atoms with Crippen LogP contribution in [0.1, 0.15) is 18.9 Å². The molecule has 0 aliphatic carbocycles. The van der Waals surface area contributed by atoms with Gasteiger partial charge in [-0.15, -0.1) is 0 Å². The lowest BCUT2D eigenvalue weighted by Crippen LogP contribution is -2.10. The van der Waals surface area contributed by atoms with Crippen molar-refractivity contribution in [2.45, 2.75) is 19.5 Å². The average Bonchev–Trinajstić information content (AvgIpc) is 2.50. The number of aromatic nitrogens is 1. The van der Waals surface area contributed by atoms with E-state index in [-0.39, 0.29) is 16.6 Å². The summed E-state index contributed by atoms with van der Waals surface area (Å²) >= 11 is 5.91. The largest absolute Gasteiger partial charge is 0.416 e. The van der Waals surface area contributed by atoms with E-state index in [0.29, 0.717) is 17.9 Å². The maximum Gasteiger partial charge on any atom is 0.416 e. The smallest absolute Gasteiger partial charge is 0.353 e. The van der Waals surface area contributed by atoms with Gasteiger partial charge in [0.05, 0.1) is 28.2 Å². The van der Waals surface area contributed by atoms with Gasteiger partial charge in [0, 0.05) is 6.42 Å². The molecule has 23 heavy (non-hydrogen) atoms. The molecule has 8 heteroatoms. The third-order valence-electron chi connectivity index (χ3n) is 2.92. The number of carbonyl (C=O) groups excluding carboxylic acids is 1. The quantitative estimate of drug-likeness (QED) is 0.834.